The Morgan fingerprint density at radius 1 is 1.13 bits per heavy atom. The number of imidazole rings is 1. The average molecular weight is 439 g/mol. The molecule has 0 saturated heterocycles. The van der Waals surface area contributed by atoms with Crippen molar-refractivity contribution in [3.8, 4) is 0 Å². The highest BCUT2D eigenvalue weighted by Gasteiger charge is 2.24. The van der Waals surface area contributed by atoms with Crippen LogP contribution in [0.2, 0.25) is 0 Å². The summed E-state index contributed by atoms with van der Waals surface area (Å²) in [6.07, 6.45) is 5.18. The molecule has 0 saturated carbocycles. The van der Waals surface area contributed by atoms with Gasteiger partial charge in [0.1, 0.15) is 5.82 Å². The molecular weight excluding hydrogens is 400 g/mol. The Bertz CT molecular complexity index is 1000. The number of rotatable bonds is 9. The van der Waals surface area contributed by atoms with Crippen molar-refractivity contribution in [3.05, 3.63) is 48.3 Å². The lowest BCUT2D eigenvalue weighted by Gasteiger charge is -2.22. The molecule has 2 N–H and O–H groups in total. The predicted molar refractivity (Wildman–Crippen MR) is 137 cm³/mol. The van der Waals surface area contributed by atoms with Crippen molar-refractivity contribution in [3.63, 3.8) is 0 Å². The van der Waals surface area contributed by atoms with E-state index in [1.807, 2.05) is 18.2 Å². The van der Waals surface area contributed by atoms with E-state index in [2.05, 4.69) is 74.8 Å². The lowest BCUT2D eigenvalue weighted by Crippen LogP contribution is -2.21. The fourth-order valence-corrected chi connectivity index (χ4v) is 4.86. The lowest BCUT2D eigenvalue weighted by atomic mass is 9.95. The van der Waals surface area contributed by atoms with E-state index in [4.69, 9.17) is 10.7 Å². The fourth-order valence-electron chi connectivity index (χ4n) is 4.00. The maximum atomic E-state index is 5.94. The molecule has 0 bridgehead atoms. The summed E-state index contributed by atoms with van der Waals surface area (Å²) in [6, 6.07) is 14.7. The Balaban J connectivity index is 1.88. The van der Waals surface area contributed by atoms with E-state index < -0.39 is 0 Å². The van der Waals surface area contributed by atoms with Crippen LogP contribution in [0.3, 0.4) is 0 Å². The van der Waals surface area contributed by atoms with Gasteiger partial charge < -0.3 is 14.6 Å². The van der Waals surface area contributed by atoms with E-state index in [0.717, 1.165) is 28.3 Å². The topological polar surface area (TPSA) is 47.1 Å². The molecule has 4 nitrogen and oxygen atoms in total. The van der Waals surface area contributed by atoms with Crippen LogP contribution in [-0.2, 0) is 12.0 Å². The highest BCUT2D eigenvalue weighted by molar-refractivity contribution is 8.00. The Morgan fingerprint density at radius 2 is 1.90 bits per heavy atom. The molecule has 0 spiro atoms. The maximum absolute atomic E-state index is 5.94. The van der Waals surface area contributed by atoms with Gasteiger partial charge in [-0.1, -0.05) is 59.9 Å². The van der Waals surface area contributed by atoms with Crippen LogP contribution < -0.4 is 10.0 Å². The normalized spacial score (nSPS) is 13.0. The van der Waals surface area contributed by atoms with E-state index in [0.29, 0.717) is 5.92 Å². The summed E-state index contributed by atoms with van der Waals surface area (Å²) in [5, 5.41) is 0. The molecule has 0 radical (unpaired) electrons. The number of nitrogens with zero attached hydrogens (tertiary/aromatic N) is 3. The van der Waals surface area contributed by atoms with E-state index in [1.165, 1.54) is 37.0 Å². The maximum Gasteiger partial charge on any atom is 0.115 e. The van der Waals surface area contributed by atoms with Crippen LogP contribution in [0.25, 0.3) is 11.0 Å². The highest BCUT2D eigenvalue weighted by Crippen LogP contribution is 2.33. The minimum absolute atomic E-state index is 0.00450. The highest BCUT2D eigenvalue weighted by atomic mass is 32.2. The van der Waals surface area contributed by atoms with Crippen molar-refractivity contribution in [1.29, 1.82) is 0 Å². The van der Waals surface area contributed by atoms with Gasteiger partial charge in [0.05, 0.1) is 11.0 Å². The third-order valence-electron chi connectivity index (χ3n) is 5.66. The molecule has 31 heavy (non-hydrogen) atoms. The van der Waals surface area contributed by atoms with Gasteiger partial charge in [-0.15, -0.1) is 0 Å². The van der Waals surface area contributed by atoms with Crippen LogP contribution in [0.15, 0.2) is 47.4 Å². The number of aromatic nitrogens is 2. The standard InChI is InChI=1S/C26H38N4S/c1-7-8-9-11-19(2)18-30-24-15-14-21(17-23(24)28-25(30)26(3,4)5)29(6)31-22-13-10-12-20(27)16-22/h10,12-17,19H,7-9,11,18,27H2,1-6H3. The second-order valence-electron chi connectivity index (χ2n) is 9.73. The van der Waals surface area contributed by atoms with Gasteiger partial charge in [-0.25, -0.2) is 4.98 Å². The smallest absolute Gasteiger partial charge is 0.115 e. The number of hydrogen-bond acceptors (Lipinski definition) is 4. The summed E-state index contributed by atoms with van der Waals surface area (Å²) in [5.74, 6) is 1.82. The van der Waals surface area contributed by atoms with Gasteiger partial charge in [0.15, 0.2) is 0 Å². The van der Waals surface area contributed by atoms with E-state index in [-0.39, 0.29) is 5.41 Å². The molecule has 0 amide bonds. The third-order valence-corrected chi connectivity index (χ3v) is 6.61. The first-order valence-corrected chi connectivity index (χ1v) is 12.2. The predicted octanol–water partition coefficient (Wildman–Crippen LogP) is 7.28. The molecule has 0 aliphatic heterocycles. The van der Waals surface area contributed by atoms with Crippen molar-refractivity contribution in [2.45, 2.75) is 77.2 Å². The summed E-state index contributed by atoms with van der Waals surface area (Å²) >= 11 is 1.68. The van der Waals surface area contributed by atoms with Gasteiger partial charge in [0, 0.05) is 35.3 Å². The second-order valence-corrected chi connectivity index (χ2v) is 10.9. The molecule has 2 aromatic carbocycles. The molecular formula is C26H38N4S. The quantitative estimate of drug-likeness (QED) is 0.217. The molecule has 5 heteroatoms. The number of nitrogens with two attached hydrogens (primary N) is 1. The first kappa shape index (κ1) is 23.5. The molecule has 0 aliphatic carbocycles. The summed E-state index contributed by atoms with van der Waals surface area (Å²) in [7, 11) is 2.09. The van der Waals surface area contributed by atoms with Crippen molar-refractivity contribution >= 4 is 34.4 Å². The minimum atomic E-state index is 0.00450. The summed E-state index contributed by atoms with van der Waals surface area (Å²) < 4.78 is 4.64. The largest absolute Gasteiger partial charge is 0.399 e. The second kappa shape index (κ2) is 9.99. The van der Waals surface area contributed by atoms with Gasteiger partial charge in [-0.05, 0) is 60.7 Å². The van der Waals surface area contributed by atoms with Crippen LogP contribution in [0.1, 0.15) is 66.1 Å². The number of benzene rings is 2. The summed E-state index contributed by atoms with van der Waals surface area (Å²) in [6.45, 7) is 12.4. The Hall–Kier alpha value is -2.14. The molecule has 0 aliphatic rings. The first-order valence-electron chi connectivity index (χ1n) is 11.5. The number of hydrogen-bond donors (Lipinski definition) is 1. The van der Waals surface area contributed by atoms with Gasteiger partial charge in [0.2, 0.25) is 0 Å². The van der Waals surface area contributed by atoms with Crippen LogP contribution in [0, 0.1) is 5.92 Å². The number of fused-ring (bicyclic) bond motifs is 1. The van der Waals surface area contributed by atoms with Crippen LogP contribution in [0.4, 0.5) is 11.4 Å². The Morgan fingerprint density at radius 3 is 2.58 bits per heavy atom. The molecule has 3 rings (SSSR count). The zero-order valence-corrected chi connectivity index (χ0v) is 20.8. The van der Waals surface area contributed by atoms with E-state index >= 15 is 0 Å². The molecule has 1 aromatic heterocycles. The third kappa shape index (κ3) is 5.97. The monoisotopic (exact) mass is 438 g/mol. The zero-order valence-electron chi connectivity index (χ0n) is 20.0. The van der Waals surface area contributed by atoms with Crippen LogP contribution in [-0.4, -0.2) is 16.6 Å². The lowest BCUT2D eigenvalue weighted by molar-refractivity contribution is 0.407. The molecule has 168 valence electrons. The van der Waals surface area contributed by atoms with Crippen LogP contribution >= 0.6 is 11.9 Å². The van der Waals surface area contributed by atoms with Crippen molar-refractivity contribution in [2.24, 2.45) is 5.92 Å². The Kier molecular flexibility index (Phi) is 7.58. The van der Waals surface area contributed by atoms with Crippen LogP contribution in [0.5, 0.6) is 0 Å². The van der Waals surface area contributed by atoms with Gasteiger partial charge in [0.25, 0.3) is 0 Å². The molecule has 1 unspecified atom stereocenters. The van der Waals surface area contributed by atoms with Gasteiger partial charge >= 0.3 is 0 Å². The summed E-state index contributed by atoms with van der Waals surface area (Å²) in [5.41, 5.74) is 10.2. The molecule has 1 heterocycles. The Labute approximate surface area is 192 Å². The molecule has 3 aromatic rings. The van der Waals surface area contributed by atoms with Gasteiger partial charge in [-0.2, -0.15) is 0 Å². The average Bonchev–Trinajstić information content (AvgIpc) is 3.06. The SMILES string of the molecule is CCCCCC(C)Cn1c(C(C)(C)C)nc2cc(N(C)Sc3cccc(N)c3)ccc21. The summed E-state index contributed by atoms with van der Waals surface area (Å²) in [4.78, 5) is 6.23. The molecule has 0 fully saturated rings. The first-order chi connectivity index (χ1) is 14.7. The fraction of sp³-hybridized carbons (Fsp3) is 0.500. The van der Waals surface area contributed by atoms with Crippen molar-refractivity contribution in [2.75, 3.05) is 17.1 Å². The number of anilines is 2. The molecule has 1 atom stereocenters. The minimum Gasteiger partial charge on any atom is -0.399 e. The van der Waals surface area contributed by atoms with Gasteiger partial charge in [-0.3, -0.25) is 0 Å². The zero-order chi connectivity index (χ0) is 22.6. The van der Waals surface area contributed by atoms with Crippen molar-refractivity contribution < 1.29 is 0 Å². The van der Waals surface area contributed by atoms with E-state index in [1.54, 1.807) is 11.9 Å². The van der Waals surface area contributed by atoms with Crippen molar-refractivity contribution in [1.82, 2.24) is 9.55 Å². The number of unbranched alkanes of at least 4 members (excludes halogenated alkanes) is 2. The van der Waals surface area contributed by atoms with E-state index in [9.17, 15) is 0 Å². The number of nitrogen functional groups attached to an aromatic ring is 1.